The Hall–Kier alpha value is -2.43. The van der Waals surface area contributed by atoms with Gasteiger partial charge in [-0.3, -0.25) is 18.6 Å². The van der Waals surface area contributed by atoms with Gasteiger partial charge >= 0.3 is 19.8 Å². The Bertz CT molecular complexity index is 1440. The van der Waals surface area contributed by atoms with Crippen LogP contribution in [-0.4, -0.2) is 49.3 Å². The number of esters is 2. The van der Waals surface area contributed by atoms with Gasteiger partial charge in [-0.15, -0.1) is 0 Å². The van der Waals surface area contributed by atoms with E-state index in [0.717, 1.165) is 107 Å². The lowest BCUT2D eigenvalue weighted by molar-refractivity contribution is -0.161. The van der Waals surface area contributed by atoms with Crippen LogP contribution in [0.1, 0.15) is 195 Å². The smallest absolute Gasteiger partial charge is 0.466 e. The van der Waals surface area contributed by atoms with Gasteiger partial charge in [0.2, 0.25) is 0 Å². The molecule has 0 aliphatic rings. The lowest BCUT2D eigenvalue weighted by Crippen LogP contribution is -2.29. The molecule has 0 aliphatic heterocycles. The van der Waals surface area contributed by atoms with Gasteiger partial charge in [-0.1, -0.05) is 104 Å². The van der Waals surface area contributed by atoms with Crippen molar-refractivity contribution >= 4 is 19.8 Å². The number of hydrogen-bond acceptors (Lipinski definition) is 10. The lowest BCUT2D eigenvalue weighted by atomic mass is 10.0. The van der Waals surface area contributed by atoms with Gasteiger partial charge in [0, 0.05) is 45.1 Å². The number of rotatable bonds is 37. The maximum Gasteiger partial charge on any atom is 0.472 e. The Balaban J connectivity index is 1.58. The van der Waals surface area contributed by atoms with Gasteiger partial charge in [0.15, 0.2) is 6.10 Å². The molecule has 58 heavy (non-hydrogen) atoms. The molecule has 12 heteroatoms. The van der Waals surface area contributed by atoms with Crippen molar-refractivity contribution in [3.63, 3.8) is 0 Å². The summed E-state index contributed by atoms with van der Waals surface area (Å²) in [5.41, 5.74) is 9.28. The Labute approximate surface area is 350 Å². The molecule has 2 aromatic rings. The van der Waals surface area contributed by atoms with E-state index >= 15 is 0 Å². The van der Waals surface area contributed by atoms with E-state index in [1.54, 1.807) is 0 Å². The highest BCUT2D eigenvalue weighted by Crippen LogP contribution is 2.43. The second-order valence-electron chi connectivity index (χ2n) is 16.1. The van der Waals surface area contributed by atoms with Crippen molar-refractivity contribution in [3.8, 4) is 0 Å². The van der Waals surface area contributed by atoms with E-state index in [9.17, 15) is 19.0 Å². The predicted octanol–water partition coefficient (Wildman–Crippen LogP) is 11.8. The van der Waals surface area contributed by atoms with E-state index in [1.807, 2.05) is 0 Å². The van der Waals surface area contributed by atoms with E-state index in [4.69, 9.17) is 33.1 Å². The summed E-state index contributed by atoms with van der Waals surface area (Å²) in [6, 6.07) is 2.17. The molecule has 11 nitrogen and oxygen atoms in total. The van der Waals surface area contributed by atoms with E-state index in [-0.39, 0.29) is 32.6 Å². The topological polar surface area (TPSA) is 161 Å². The third kappa shape index (κ3) is 23.4. The molecule has 334 valence electrons. The third-order valence-corrected chi connectivity index (χ3v) is 11.8. The summed E-state index contributed by atoms with van der Waals surface area (Å²) in [5.74, 6) is 3.69. The molecule has 2 heterocycles. The van der Waals surface area contributed by atoms with Crippen molar-refractivity contribution < 1.29 is 46.4 Å². The van der Waals surface area contributed by atoms with E-state index < -0.39 is 32.5 Å². The highest BCUT2D eigenvalue weighted by molar-refractivity contribution is 7.47. The number of nitrogens with two attached hydrogens (primary N) is 1. The Morgan fingerprint density at radius 2 is 1.14 bits per heavy atom. The van der Waals surface area contributed by atoms with Gasteiger partial charge in [0.25, 0.3) is 0 Å². The molecule has 0 aromatic carbocycles. The number of furan rings is 2. The van der Waals surface area contributed by atoms with Crippen LogP contribution in [0.2, 0.25) is 0 Å². The molecule has 0 spiro atoms. The second-order valence-corrected chi connectivity index (χ2v) is 17.5. The number of aryl methyl sites for hydroxylation is 5. The van der Waals surface area contributed by atoms with E-state index in [0.29, 0.717) is 12.8 Å². The highest BCUT2D eigenvalue weighted by atomic mass is 31.2. The second kappa shape index (κ2) is 31.4. The number of carbonyl (C=O) groups excluding carboxylic acids is 2. The summed E-state index contributed by atoms with van der Waals surface area (Å²) < 4.78 is 45.1. The molecule has 0 aliphatic carbocycles. The molecule has 0 saturated heterocycles. The first-order chi connectivity index (χ1) is 28.0. The van der Waals surface area contributed by atoms with Gasteiger partial charge in [0.1, 0.15) is 29.6 Å². The van der Waals surface area contributed by atoms with Crippen LogP contribution in [0.25, 0.3) is 0 Å². The number of phosphoric ester groups is 1. The van der Waals surface area contributed by atoms with Crippen LogP contribution >= 0.6 is 7.82 Å². The van der Waals surface area contributed by atoms with Crippen LogP contribution in [-0.2, 0) is 58.4 Å². The minimum absolute atomic E-state index is 0.0430. The largest absolute Gasteiger partial charge is 0.472 e. The van der Waals surface area contributed by atoms with Crippen LogP contribution in [0.4, 0.5) is 0 Å². The van der Waals surface area contributed by atoms with E-state index in [2.05, 4.69) is 40.7 Å². The van der Waals surface area contributed by atoms with Crippen LogP contribution < -0.4 is 5.73 Å². The van der Waals surface area contributed by atoms with Crippen molar-refractivity contribution in [2.24, 2.45) is 5.73 Å². The SMILES string of the molecule is CCCCCc1oc(CCCCCCCCCCC(=O)O[C@H](COC(=O)CCCCCCCCCCc2oc(CCC)cc2C)COP(=O)(O)OCCN)c(C)c1C. The summed E-state index contributed by atoms with van der Waals surface area (Å²) in [6.07, 6.45) is 25.1. The highest BCUT2D eigenvalue weighted by Gasteiger charge is 2.26. The Morgan fingerprint density at radius 1 is 0.638 bits per heavy atom. The first-order valence-corrected chi connectivity index (χ1v) is 24.3. The van der Waals surface area contributed by atoms with Crippen molar-refractivity contribution in [1.29, 1.82) is 0 Å². The molecule has 3 N–H and O–H groups in total. The molecule has 2 rings (SSSR count). The zero-order valence-electron chi connectivity index (χ0n) is 37.0. The van der Waals surface area contributed by atoms with Crippen molar-refractivity contribution in [2.45, 2.75) is 208 Å². The summed E-state index contributed by atoms with van der Waals surface area (Å²) in [6.45, 7) is 10.1. The molecule has 0 radical (unpaired) electrons. The molecule has 0 bridgehead atoms. The maximum atomic E-state index is 12.7. The van der Waals surface area contributed by atoms with Crippen molar-refractivity contribution in [1.82, 2.24) is 0 Å². The number of unbranched alkanes of at least 4 members (excludes halogenated alkanes) is 16. The Morgan fingerprint density at radius 3 is 1.67 bits per heavy atom. The van der Waals surface area contributed by atoms with Gasteiger partial charge < -0.3 is 28.9 Å². The number of ether oxygens (including phenoxy) is 2. The predicted molar refractivity (Wildman–Crippen MR) is 231 cm³/mol. The fraction of sp³-hybridized carbons (Fsp3) is 0.783. The summed E-state index contributed by atoms with van der Waals surface area (Å²) in [7, 11) is -4.40. The molecular formula is C46H80NO10P. The molecule has 2 atom stereocenters. The first-order valence-electron chi connectivity index (χ1n) is 22.8. The summed E-state index contributed by atoms with van der Waals surface area (Å²) >= 11 is 0. The molecule has 0 saturated carbocycles. The van der Waals surface area contributed by atoms with Gasteiger partial charge in [0.05, 0.1) is 13.2 Å². The molecule has 2 aromatic heterocycles. The molecule has 0 amide bonds. The fourth-order valence-corrected chi connectivity index (χ4v) is 7.94. The zero-order valence-corrected chi connectivity index (χ0v) is 37.9. The number of hydrogen-bond donors (Lipinski definition) is 2. The normalized spacial score (nSPS) is 13.2. The van der Waals surface area contributed by atoms with Gasteiger partial charge in [-0.2, -0.15) is 0 Å². The standard InChI is InChI=1S/C46H80NO10P/c1-6-8-21-28-43-38(4)39(5)44(57-43)29-23-18-14-10-12-16-20-25-31-46(49)56-41(36-54-58(50,51)53-33-32-47)35-52-45(48)30-24-19-15-11-9-13-17-22-27-42-37(3)34-40(55-42)26-7-2/h34,41H,6-33,35-36,47H2,1-5H3,(H,50,51)/t41-/m1/s1. The zero-order chi connectivity index (χ0) is 42.4. The van der Waals surface area contributed by atoms with Crippen LogP contribution in [0.3, 0.4) is 0 Å². The third-order valence-electron chi connectivity index (χ3n) is 10.8. The fourth-order valence-electron chi connectivity index (χ4n) is 7.17. The minimum Gasteiger partial charge on any atom is -0.466 e. The van der Waals surface area contributed by atoms with Crippen molar-refractivity contribution in [3.05, 3.63) is 45.8 Å². The summed E-state index contributed by atoms with van der Waals surface area (Å²) in [5, 5.41) is 0. The summed E-state index contributed by atoms with van der Waals surface area (Å²) in [4.78, 5) is 35.1. The van der Waals surface area contributed by atoms with Crippen molar-refractivity contribution in [2.75, 3.05) is 26.4 Å². The Kier molecular flexibility index (Phi) is 28.0. The monoisotopic (exact) mass is 838 g/mol. The quantitative estimate of drug-likeness (QED) is 0.0378. The van der Waals surface area contributed by atoms with Crippen LogP contribution in [0.5, 0.6) is 0 Å². The average molecular weight is 838 g/mol. The molecule has 0 fully saturated rings. The van der Waals surface area contributed by atoms with Crippen LogP contribution in [0.15, 0.2) is 14.9 Å². The number of phosphoric acid groups is 1. The van der Waals surface area contributed by atoms with Gasteiger partial charge in [-0.05, 0) is 82.1 Å². The molecular weight excluding hydrogens is 757 g/mol. The average Bonchev–Trinajstić information content (AvgIpc) is 3.68. The number of carbonyl (C=O) groups is 2. The first kappa shape index (κ1) is 51.7. The minimum atomic E-state index is -4.40. The van der Waals surface area contributed by atoms with Crippen LogP contribution in [0, 0.1) is 20.8 Å². The maximum absolute atomic E-state index is 12.7. The van der Waals surface area contributed by atoms with E-state index in [1.165, 1.54) is 73.8 Å². The lowest BCUT2D eigenvalue weighted by Gasteiger charge is -2.19. The van der Waals surface area contributed by atoms with Gasteiger partial charge in [-0.25, -0.2) is 4.57 Å². The molecule has 1 unspecified atom stereocenters.